The molecule has 0 radical (unpaired) electrons. The Hall–Kier alpha value is -2.15. The number of anilines is 1. The van der Waals surface area contributed by atoms with Gasteiger partial charge in [-0.05, 0) is 12.1 Å². The average molecular weight is 214 g/mol. The van der Waals surface area contributed by atoms with Crippen LogP contribution in [0.3, 0.4) is 0 Å². The fourth-order valence-electron chi connectivity index (χ4n) is 1.77. The van der Waals surface area contributed by atoms with Crippen molar-refractivity contribution in [3.05, 3.63) is 29.8 Å². The number of nitrogens with zero attached hydrogens (tertiary/aromatic N) is 2. The number of hydrogen-bond acceptors (Lipinski definition) is 3. The summed E-state index contributed by atoms with van der Waals surface area (Å²) in [7, 11) is 0. The van der Waals surface area contributed by atoms with Crippen LogP contribution in [-0.2, 0) is 9.59 Å². The number of para-hydroxylation sites is 1. The van der Waals surface area contributed by atoms with Gasteiger partial charge < -0.3 is 4.90 Å². The highest BCUT2D eigenvalue weighted by atomic mass is 16.2. The van der Waals surface area contributed by atoms with E-state index in [2.05, 4.69) is 0 Å². The van der Waals surface area contributed by atoms with Gasteiger partial charge in [0.15, 0.2) is 0 Å². The summed E-state index contributed by atoms with van der Waals surface area (Å²) in [6, 6.07) is 8.97. The summed E-state index contributed by atoms with van der Waals surface area (Å²) in [5.41, 5.74) is 1.06. The third-order valence-electron chi connectivity index (χ3n) is 2.58. The summed E-state index contributed by atoms with van der Waals surface area (Å²) in [6.45, 7) is 0.371. The van der Waals surface area contributed by atoms with Gasteiger partial charge in [-0.3, -0.25) is 9.59 Å². The second-order valence-corrected chi connectivity index (χ2v) is 3.64. The number of rotatable bonds is 1. The maximum absolute atomic E-state index is 11.7. The van der Waals surface area contributed by atoms with Crippen molar-refractivity contribution in [2.24, 2.45) is 0 Å². The van der Waals surface area contributed by atoms with Crippen LogP contribution in [0.1, 0.15) is 18.4 Å². The molecule has 16 heavy (non-hydrogen) atoms. The molecule has 80 valence electrons. The Morgan fingerprint density at radius 3 is 2.69 bits per heavy atom. The zero-order valence-corrected chi connectivity index (χ0v) is 8.64. The van der Waals surface area contributed by atoms with Crippen molar-refractivity contribution in [3.8, 4) is 6.07 Å². The highest BCUT2D eigenvalue weighted by Gasteiger charge is 2.26. The van der Waals surface area contributed by atoms with Gasteiger partial charge in [-0.15, -0.1) is 0 Å². The number of nitriles is 1. The predicted octanol–water partition coefficient (Wildman–Crippen LogP) is 1.25. The molecule has 0 saturated carbocycles. The lowest BCUT2D eigenvalue weighted by Gasteiger charge is -2.26. The summed E-state index contributed by atoms with van der Waals surface area (Å²) >= 11 is 0. The Kier molecular flexibility index (Phi) is 2.69. The van der Waals surface area contributed by atoms with E-state index in [-0.39, 0.29) is 18.1 Å². The van der Waals surface area contributed by atoms with Crippen molar-refractivity contribution < 1.29 is 9.59 Å². The Morgan fingerprint density at radius 2 is 2.00 bits per heavy atom. The predicted molar refractivity (Wildman–Crippen MR) is 57.8 cm³/mol. The van der Waals surface area contributed by atoms with E-state index in [4.69, 9.17) is 5.26 Å². The van der Waals surface area contributed by atoms with E-state index >= 15 is 0 Å². The summed E-state index contributed by atoms with van der Waals surface area (Å²) < 4.78 is 0. The molecular formula is C12H10N2O2. The molecule has 1 aliphatic rings. The topological polar surface area (TPSA) is 61.2 Å². The van der Waals surface area contributed by atoms with Crippen LogP contribution in [0, 0.1) is 11.3 Å². The van der Waals surface area contributed by atoms with Gasteiger partial charge in [-0.25, -0.2) is 0 Å². The van der Waals surface area contributed by atoms with Crippen LogP contribution in [-0.4, -0.2) is 18.2 Å². The monoisotopic (exact) mass is 214 g/mol. The van der Waals surface area contributed by atoms with Crippen molar-refractivity contribution in [2.75, 3.05) is 11.4 Å². The molecule has 1 heterocycles. The maximum atomic E-state index is 11.7. The van der Waals surface area contributed by atoms with E-state index in [1.165, 1.54) is 4.90 Å². The number of carbonyl (C=O) groups is 2. The Morgan fingerprint density at radius 1 is 1.25 bits per heavy atom. The normalized spacial score (nSPS) is 16.1. The minimum Gasteiger partial charge on any atom is -0.310 e. The smallest absolute Gasteiger partial charge is 0.234 e. The maximum Gasteiger partial charge on any atom is 0.234 e. The first-order valence-electron chi connectivity index (χ1n) is 5.03. The molecule has 1 aliphatic heterocycles. The van der Waals surface area contributed by atoms with Gasteiger partial charge in [0.05, 0.1) is 17.7 Å². The molecule has 4 nitrogen and oxygen atoms in total. The van der Waals surface area contributed by atoms with Gasteiger partial charge in [-0.2, -0.15) is 5.26 Å². The van der Waals surface area contributed by atoms with Crippen LogP contribution in [0.5, 0.6) is 0 Å². The highest BCUT2D eigenvalue weighted by molar-refractivity contribution is 6.08. The van der Waals surface area contributed by atoms with Crippen molar-refractivity contribution >= 4 is 17.4 Å². The van der Waals surface area contributed by atoms with E-state index in [0.29, 0.717) is 24.2 Å². The van der Waals surface area contributed by atoms with Crippen LogP contribution in [0.2, 0.25) is 0 Å². The minimum atomic E-state index is -0.223. The summed E-state index contributed by atoms with van der Waals surface area (Å²) in [4.78, 5) is 24.3. The van der Waals surface area contributed by atoms with E-state index in [1.54, 1.807) is 24.3 Å². The van der Waals surface area contributed by atoms with E-state index in [9.17, 15) is 9.59 Å². The molecule has 0 aromatic heterocycles. The van der Waals surface area contributed by atoms with Crippen LogP contribution in [0.4, 0.5) is 5.69 Å². The molecule has 0 unspecified atom stereocenters. The summed E-state index contributed by atoms with van der Waals surface area (Å²) in [5.74, 6) is -0.255. The average Bonchev–Trinajstić information content (AvgIpc) is 2.29. The standard InChI is InChI=1S/C12H10N2O2/c13-8-9-3-1-2-4-11(9)14-6-5-10(15)7-12(14)16/h1-4H,5-7H2. The Balaban J connectivity index is 2.34. The molecule has 0 spiro atoms. The third kappa shape index (κ3) is 1.80. The first kappa shape index (κ1) is 10.4. The molecule has 1 amide bonds. The van der Waals surface area contributed by atoms with Crippen LogP contribution >= 0.6 is 0 Å². The number of piperidine rings is 1. The number of Topliss-reactive ketones (excluding diaryl/α,β-unsaturated/α-hetero) is 1. The van der Waals surface area contributed by atoms with Gasteiger partial charge in [0.2, 0.25) is 5.91 Å². The van der Waals surface area contributed by atoms with Gasteiger partial charge in [-0.1, -0.05) is 12.1 Å². The van der Waals surface area contributed by atoms with Gasteiger partial charge in [0, 0.05) is 13.0 Å². The first-order valence-corrected chi connectivity index (χ1v) is 5.03. The summed E-state index contributed by atoms with van der Waals surface area (Å²) in [5, 5.41) is 8.93. The second-order valence-electron chi connectivity index (χ2n) is 3.64. The SMILES string of the molecule is N#Cc1ccccc1N1CCC(=O)CC1=O. The number of amides is 1. The molecule has 1 aromatic rings. The molecule has 0 atom stereocenters. The highest BCUT2D eigenvalue weighted by Crippen LogP contribution is 2.23. The largest absolute Gasteiger partial charge is 0.310 e. The minimum absolute atomic E-state index is 0.0318. The zero-order chi connectivity index (χ0) is 11.5. The number of benzene rings is 1. The van der Waals surface area contributed by atoms with E-state index < -0.39 is 0 Å². The lowest BCUT2D eigenvalue weighted by molar-refractivity contribution is -0.128. The molecule has 0 bridgehead atoms. The third-order valence-corrected chi connectivity index (χ3v) is 2.58. The van der Waals surface area contributed by atoms with Gasteiger partial charge in [0.25, 0.3) is 0 Å². The molecule has 4 heteroatoms. The molecule has 0 N–H and O–H groups in total. The van der Waals surface area contributed by atoms with E-state index in [1.807, 2.05) is 6.07 Å². The summed E-state index contributed by atoms with van der Waals surface area (Å²) in [6.07, 6.45) is 0.311. The molecular weight excluding hydrogens is 204 g/mol. The lowest BCUT2D eigenvalue weighted by Crippen LogP contribution is -2.39. The lowest BCUT2D eigenvalue weighted by atomic mass is 10.1. The fourth-order valence-corrected chi connectivity index (χ4v) is 1.77. The molecule has 1 fully saturated rings. The fraction of sp³-hybridized carbons (Fsp3) is 0.250. The quantitative estimate of drug-likeness (QED) is 0.661. The number of hydrogen-bond donors (Lipinski definition) is 0. The Labute approximate surface area is 93.1 Å². The number of ketones is 1. The van der Waals surface area contributed by atoms with Crippen molar-refractivity contribution in [2.45, 2.75) is 12.8 Å². The van der Waals surface area contributed by atoms with Crippen molar-refractivity contribution in [1.29, 1.82) is 5.26 Å². The van der Waals surface area contributed by atoms with Crippen molar-refractivity contribution in [3.63, 3.8) is 0 Å². The molecule has 2 rings (SSSR count). The molecule has 1 aromatic carbocycles. The number of carbonyl (C=O) groups excluding carboxylic acids is 2. The molecule has 0 aliphatic carbocycles. The van der Waals surface area contributed by atoms with Crippen LogP contribution in [0.15, 0.2) is 24.3 Å². The van der Waals surface area contributed by atoms with Crippen LogP contribution < -0.4 is 4.90 Å². The first-order chi connectivity index (χ1) is 7.72. The van der Waals surface area contributed by atoms with Gasteiger partial charge >= 0.3 is 0 Å². The molecule has 1 saturated heterocycles. The Bertz CT molecular complexity index is 488. The zero-order valence-electron chi connectivity index (χ0n) is 8.64. The van der Waals surface area contributed by atoms with Gasteiger partial charge in [0.1, 0.15) is 11.9 Å². The van der Waals surface area contributed by atoms with E-state index in [0.717, 1.165) is 0 Å². The van der Waals surface area contributed by atoms with Crippen LogP contribution in [0.25, 0.3) is 0 Å². The van der Waals surface area contributed by atoms with Crippen molar-refractivity contribution in [1.82, 2.24) is 0 Å². The second kappa shape index (κ2) is 4.15.